The van der Waals surface area contributed by atoms with Gasteiger partial charge in [-0.05, 0) is 24.1 Å². The van der Waals surface area contributed by atoms with E-state index in [9.17, 15) is 18.4 Å². The van der Waals surface area contributed by atoms with Crippen LogP contribution in [0.2, 0.25) is 0 Å². The Morgan fingerprint density at radius 2 is 1.90 bits per heavy atom. The zero-order chi connectivity index (χ0) is 15.6. The molecule has 0 bridgehead atoms. The van der Waals surface area contributed by atoms with E-state index in [1.165, 1.54) is 7.11 Å². The van der Waals surface area contributed by atoms with Gasteiger partial charge in [0.05, 0.1) is 13.7 Å². The van der Waals surface area contributed by atoms with Crippen molar-refractivity contribution in [3.05, 3.63) is 29.8 Å². The predicted molar refractivity (Wildman–Crippen MR) is 71.2 cm³/mol. The van der Waals surface area contributed by atoms with Crippen LogP contribution < -0.4 is 10.1 Å². The normalized spacial score (nSPS) is 21.9. The maximum Gasteiger partial charge on any atom is 0.325 e. The van der Waals surface area contributed by atoms with Gasteiger partial charge >= 0.3 is 6.03 Å². The molecule has 1 fully saturated rings. The van der Waals surface area contributed by atoms with E-state index in [4.69, 9.17) is 4.74 Å². The minimum Gasteiger partial charge on any atom is -0.497 e. The number of carbonyl (C=O) groups is 2. The number of urea groups is 1. The van der Waals surface area contributed by atoms with Gasteiger partial charge in [-0.25, -0.2) is 13.6 Å². The van der Waals surface area contributed by atoms with Gasteiger partial charge < -0.3 is 10.1 Å². The van der Waals surface area contributed by atoms with Gasteiger partial charge in [0.15, 0.2) is 0 Å². The van der Waals surface area contributed by atoms with Gasteiger partial charge in [0, 0.05) is 0 Å². The fourth-order valence-electron chi connectivity index (χ4n) is 2.44. The van der Waals surface area contributed by atoms with Crippen LogP contribution in [0.3, 0.4) is 0 Å². The summed E-state index contributed by atoms with van der Waals surface area (Å²) < 4.78 is 30.0. The number of hydrogen-bond acceptors (Lipinski definition) is 3. The van der Waals surface area contributed by atoms with Crippen LogP contribution in [0.15, 0.2) is 24.3 Å². The Bertz CT molecular complexity index is 548. The molecule has 0 aromatic heterocycles. The highest BCUT2D eigenvalue weighted by Gasteiger charge is 2.51. The lowest BCUT2D eigenvalue weighted by Crippen LogP contribution is -2.43. The number of halogens is 2. The Labute approximate surface area is 120 Å². The number of alkyl halides is 2. The van der Waals surface area contributed by atoms with Crippen molar-refractivity contribution < 1.29 is 23.1 Å². The molecule has 2 rings (SSSR count). The summed E-state index contributed by atoms with van der Waals surface area (Å²) in [6, 6.07) is 5.81. The lowest BCUT2D eigenvalue weighted by Gasteiger charge is -2.26. The van der Waals surface area contributed by atoms with Gasteiger partial charge in [0.25, 0.3) is 12.3 Å². The monoisotopic (exact) mass is 298 g/mol. The molecule has 0 aliphatic carbocycles. The van der Waals surface area contributed by atoms with E-state index in [0.717, 1.165) is 0 Å². The smallest absolute Gasteiger partial charge is 0.325 e. The Morgan fingerprint density at radius 1 is 1.29 bits per heavy atom. The summed E-state index contributed by atoms with van der Waals surface area (Å²) in [5, 5.41) is 2.54. The van der Waals surface area contributed by atoms with Crippen LogP contribution in [0.5, 0.6) is 5.75 Å². The van der Waals surface area contributed by atoms with Crippen LogP contribution in [-0.4, -0.2) is 36.9 Å². The summed E-state index contributed by atoms with van der Waals surface area (Å²) in [6.45, 7) is 0.816. The average Bonchev–Trinajstić information content (AvgIpc) is 2.72. The summed E-state index contributed by atoms with van der Waals surface area (Å²) in [5.74, 6) is -0.0494. The Balaban J connectivity index is 2.37. The highest BCUT2D eigenvalue weighted by molar-refractivity contribution is 6.07. The number of ether oxygens (including phenoxy) is 1. The lowest BCUT2D eigenvalue weighted by atomic mass is 9.87. The fraction of sp³-hybridized carbons (Fsp3) is 0.429. The second-order valence-corrected chi connectivity index (χ2v) is 4.72. The van der Waals surface area contributed by atoms with E-state index in [-0.39, 0.29) is 6.42 Å². The molecule has 5 nitrogen and oxygen atoms in total. The molecule has 0 saturated carbocycles. The van der Waals surface area contributed by atoms with Crippen molar-refractivity contribution in [2.24, 2.45) is 0 Å². The molecule has 21 heavy (non-hydrogen) atoms. The quantitative estimate of drug-likeness (QED) is 0.847. The largest absolute Gasteiger partial charge is 0.497 e. The predicted octanol–water partition coefficient (Wildman–Crippen LogP) is 2.12. The van der Waals surface area contributed by atoms with Crippen LogP contribution in [0.4, 0.5) is 13.6 Å². The van der Waals surface area contributed by atoms with E-state index in [2.05, 4.69) is 5.32 Å². The van der Waals surface area contributed by atoms with Gasteiger partial charge in [0.2, 0.25) is 0 Å². The molecule has 1 aliphatic heterocycles. The van der Waals surface area contributed by atoms with E-state index >= 15 is 0 Å². The third-order valence-electron chi connectivity index (χ3n) is 3.61. The molecule has 1 aromatic rings. The second-order valence-electron chi connectivity index (χ2n) is 4.72. The Kier molecular flexibility index (Phi) is 4.11. The third kappa shape index (κ3) is 2.55. The molecular weight excluding hydrogens is 282 g/mol. The number of hydrogen-bond donors (Lipinski definition) is 1. The van der Waals surface area contributed by atoms with Crippen molar-refractivity contribution in [2.45, 2.75) is 25.3 Å². The number of nitrogens with zero attached hydrogens (tertiary/aromatic N) is 1. The van der Waals surface area contributed by atoms with Crippen molar-refractivity contribution in [3.8, 4) is 5.75 Å². The Morgan fingerprint density at radius 3 is 2.38 bits per heavy atom. The number of amides is 3. The number of imide groups is 1. The zero-order valence-electron chi connectivity index (χ0n) is 11.7. The molecule has 1 saturated heterocycles. The van der Waals surface area contributed by atoms with Gasteiger partial charge in [-0.1, -0.05) is 19.1 Å². The number of benzene rings is 1. The number of carbonyl (C=O) groups excluding carboxylic acids is 2. The molecule has 1 aromatic carbocycles. The molecule has 7 heteroatoms. The van der Waals surface area contributed by atoms with E-state index in [0.29, 0.717) is 16.2 Å². The molecule has 1 N–H and O–H groups in total. The van der Waals surface area contributed by atoms with Gasteiger partial charge in [-0.15, -0.1) is 0 Å². The topological polar surface area (TPSA) is 58.6 Å². The van der Waals surface area contributed by atoms with Crippen molar-refractivity contribution >= 4 is 11.9 Å². The van der Waals surface area contributed by atoms with E-state index in [1.807, 2.05) is 0 Å². The van der Waals surface area contributed by atoms with Gasteiger partial charge in [-0.3, -0.25) is 9.69 Å². The first-order chi connectivity index (χ1) is 9.94. The molecule has 0 spiro atoms. The summed E-state index contributed by atoms with van der Waals surface area (Å²) in [5.41, 5.74) is -0.751. The molecular formula is C14H16F2N2O3. The first kappa shape index (κ1) is 15.2. The Hall–Kier alpha value is -2.18. The molecule has 0 radical (unpaired) electrons. The highest BCUT2D eigenvalue weighted by atomic mass is 19.3. The summed E-state index contributed by atoms with van der Waals surface area (Å²) in [6.07, 6.45) is -2.49. The molecule has 3 amide bonds. The van der Waals surface area contributed by atoms with Crippen molar-refractivity contribution in [1.82, 2.24) is 10.2 Å². The van der Waals surface area contributed by atoms with Gasteiger partial charge in [-0.2, -0.15) is 0 Å². The minimum atomic E-state index is -2.76. The number of nitrogens with one attached hydrogen (secondary N) is 1. The van der Waals surface area contributed by atoms with Crippen LogP contribution in [0.1, 0.15) is 18.9 Å². The van der Waals surface area contributed by atoms with Gasteiger partial charge in [0.1, 0.15) is 11.3 Å². The number of rotatable bonds is 5. The van der Waals surface area contributed by atoms with Crippen LogP contribution in [-0.2, 0) is 10.3 Å². The first-order valence-electron chi connectivity index (χ1n) is 6.51. The number of methoxy groups -OCH3 is 1. The summed E-state index contributed by atoms with van der Waals surface area (Å²) in [4.78, 5) is 24.8. The van der Waals surface area contributed by atoms with Crippen LogP contribution in [0.25, 0.3) is 0 Å². The zero-order valence-corrected chi connectivity index (χ0v) is 11.7. The van der Waals surface area contributed by atoms with Crippen molar-refractivity contribution in [1.29, 1.82) is 0 Å². The molecule has 1 heterocycles. The molecule has 114 valence electrons. The summed E-state index contributed by atoms with van der Waals surface area (Å²) >= 11 is 0. The molecule has 1 atom stereocenters. The standard InChI is InChI=1S/C14H16F2N2O3/c1-3-14(9-4-6-10(21-2)7-5-9)12(19)18(8-11(15)16)13(20)17-14/h4-7,11H,3,8H2,1-2H3,(H,17,20)/t14-/m0/s1. The molecule has 1 aliphatic rings. The molecule has 0 unspecified atom stereocenters. The average molecular weight is 298 g/mol. The van der Waals surface area contributed by atoms with Crippen LogP contribution >= 0.6 is 0 Å². The fourth-order valence-corrected chi connectivity index (χ4v) is 2.44. The highest BCUT2D eigenvalue weighted by Crippen LogP contribution is 2.33. The van der Waals surface area contributed by atoms with Crippen LogP contribution in [0, 0.1) is 0 Å². The van der Waals surface area contributed by atoms with Crippen molar-refractivity contribution in [3.63, 3.8) is 0 Å². The van der Waals surface area contributed by atoms with E-state index < -0.39 is 30.4 Å². The first-order valence-corrected chi connectivity index (χ1v) is 6.51. The van der Waals surface area contributed by atoms with E-state index in [1.54, 1.807) is 31.2 Å². The maximum atomic E-state index is 12.5. The third-order valence-corrected chi connectivity index (χ3v) is 3.61. The van der Waals surface area contributed by atoms with Crippen molar-refractivity contribution in [2.75, 3.05) is 13.7 Å². The summed E-state index contributed by atoms with van der Waals surface area (Å²) in [7, 11) is 1.51. The maximum absolute atomic E-state index is 12.5. The lowest BCUT2D eigenvalue weighted by molar-refractivity contribution is -0.133. The SMILES string of the molecule is CC[C@@]1(c2ccc(OC)cc2)NC(=O)N(CC(F)F)C1=O. The second kappa shape index (κ2) is 5.67. The minimum absolute atomic E-state index is 0.268.